The number of likely N-dealkylation sites (N-methyl/N-ethyl adjacent to an activating group) is 1. The largest absolute Gasteiger partial charge is 0.493 e. The summed E-state index contributed by atoms with van der Waals surface area (Å²) in [6, 6.07) is 6.15. The standard InChI is InChI=1S/C15H21N3O2/c1-16-12(10-15-17-7-8-18(15)2)11-5-6-13(19-3)14(9-11)20-4/h5-9,12,16H,10H2,1-4H3. The van der Waals surface area contributed by atoms with Gasteiger partial charge >= 0.3 is 0 Å². The molecule has 5 heteroatoms. The summed E-state index contributed by atoms with van der Waals surface area (Å²) in [6.45, 7) is 0. The highest BCUT2D eigenvalue weighted by Crippen LogP contribution is 2.30. The van der Waals surface area contributed by atoms with Gasteiger partial charge in [0.1, 0.15) is 5.82 Å². The van der Waals surface area contributed by atoms with Crippen LogP contribution in [0.3, 0.4) is 0 Å². The van der Waals surface area contributed by atoms with Gasteiger partial charge in [-0.25, -0.2) is 4.98 Å². The maximum atomic E-state index is 5.36. The molecule has 0 aliphatic heterocycles. The molecule has 0 amide bonds. The Bertz CT molecular complexity index is 566. The van der Waals surface area contributed by atoms with Gasteiger partial charge < -0.3 is 19.4 Å². The summed E-state index contributed by atoms with van der Waals surface area (Å²) in [5, 5.41) is 3.32. The monoisotopic (exact) mass is 275 g/mol. The van der Waals surface area contributed by atoms with Crippen LogP contribution >= 0.6 is 0 Å². The van der Waals surface area contributed by atoms with Crippen LogP contribution in [0.4, 0.5) is 0 Å². The van der Waals surface area contributed by atoms with Crippen molar-refractivity contribution in [3.63, 3.8) is 0 Å². The van der Waals surface area contributed by atoms with E-state index in [2.05, 4.69) is 10.3 Å². The minimum absolute atomic E-state index is 0.177. The molecule has 0 aliphatic carbocycles. The Kier molecular flexibility index (Phi) is 4.63. The summed E-state index contributed by atoms with van der Waals surface area (Å²) < 4.78 is 12.7. The minimum Gasteiger partial charge on any atom is -0.493 e. The molecular weight excluding hydrogens is 254 g/mol. The fraction of sp³-hybridized carbons (Fsp3) is 0.400. The van der Waals surface area contributed by atoms with Crippen molar-refractivity contribution in [3.8, 4) is 11.5 Å². The lowest BCUT2D eigenvalue weighted by molar-refractivity contribution is 0.354. The average molecular weight is 275 g/mol. The van der Waals surface area contributed by atoms with Gasteiger partial charge in [0.05, 0.1) is 14.2 Å². The molecule has 2 aromatic rings. The van der Waals surface area contributed by atoms with Crippen molar-refractivity contribution >= 4 is 0 Å². The van der Waals surface area contributed by atoms with Gasteiger partial charge in [-0.15, -0.1) is 0 Å². The van der Waals surface area contributed by atoms with Gasteiger partial charge in [0.25, 0.3) is 0 Å². The SMILES string of the molecule is CNC(Cc1nccn1C)c1ccc(OC)c(OC)c1. The summed E-state index contributed by atoms with van der Waals surface area (Å²) in [7, 11) is 7.24. The maximum absolute atomic E-state index is 5.36. The van der Waals surface area contributed by atoms with E-state index in [-0.39, 0.29) is 6.04 Å². The molecule has 108 valence electrons. The van der Waals surface area contributed by atoms with Crippen LogP contribution in [0.15, 0.2) is 30.6 Å². The molecule has 0 radical (unpaired) electrons. The number of imidazole rings is 1. The van der Waals surface area contributed by atoms with Gasteiger partial charge in [-0.3, -0.25) is 0 Å². The van der Waals surface area contributed by atoms with E-state index in [0.717, 1.165) is 29.3 Å². The number of hydrogen-bond acceptors (Lipinski definition) is 4. The molecule has 20 heavy (non-hydrogen) atoms. The van der Waals surface area contributed by atoms with Crippen molar-refractivity contribution in [2.45, 2.75) is 12.5 Å². The lowest BCUT2D eigenvalue weighted by atomic mass is 10.0. The van der Waals surface area contributed by atoms with Crippen molar-refractivity contribution in [3.05, 3.63) is 42.0 Å². The first kappa shape index (κ1) is 14.4. The molecule has 1 aromatic heterocycles. The van der Waals surface area contributed by atoms with Crippen LogP contribution in [0.2, 0.25) is 0 Å². The molecule has 0 saturated carbocycles. The summed E-state index contributed by atoms with van der Waals surface area (Å²) in [4.78, 5) is 4.37. The number of nitrogens with zero attached hydrogens (tertiary/aromatic N) is 2. The summed E-state index contributed by atoms with van der Waals surface area (Å²) in [6.07, 6.45) is 4.59. The molecule has 1 unspecified atom stereocenters. The predicted molar refractivity (Wildman–Crippen MR) is 78.3 cm³/mol. The number of aryl methyl sites for hydroxylation is 1. The van der Waals surface area contributed by atoms with E-state index < -0.39 is 0 Å². The van der Waals surface area contributed by atoms with Crippen molar-refractivity contribution in [1.82, 2.24) is 14.9 Å². The minimum atomic E-state index is 0.177. The first-order valence-electron chi connectivity index (χ1n) is 6.55. The van der Waals surface area contributed by atoms with Crippen molar-refractivity contribution in [2.75, 3.05) is 21.3 Å². The van der Waals surface area contributed by atoms with Crippen LogP contribution in [0.5, 0.6) is 11.5 Å². The van der Waals surface area contributed by atoms with Crippen LogP contribution in [0, 0.1) is 0 Å². The zero-order chi connectivity index (χ0) is 14.5. The van der Waals surface area contributed by atoms with E-state index in [1.807, 2.05) is 49.3 Å². The second-order valence-electron chi connectivity index (χ2n) is 4.61. The van der Waals surface area contributed by atoms with Crippen LogP contribution in [-0.4, -0.2) is 30.8 Å². The van der Waals surface area contributed by atoms with Gasteiger partial charge in [-0.1, -0.05) is 6.07 Å². The number of methoxy groups -OCH3 is 2. The Morgan fingerprint density at radius 1 is 1.25 bits per heavy atom. The number of aromatic nitrogens is 2. The topological polar surface area (TPSA) is 48.3 Å². The van der Waals surface area contributed by atoms with Crippen LogP contribution in [-0.2, 0) is 13.5 Å². The third kappa shape index (κ3) is 2.93. The Hall–Kier alpha value is -2.01. The summed E-state index contributed by atoms with van der Waals surface area (Å²) in [5.74, 6) is 2.52. The van der Waals surface area contributed by atoms with Gasteiger partial charge in [-0.2, -0.15) is 0 Å². The third-order valence-corrected chi connectivity index (χ3v) is 3.47. The summed E-state index contributed by atoms with van der Waals surface area (Å²) in [5.41, 5.74) is 1.15. The quantitative estimate of drug-likeness (QED) is 0.875. The van der Waals surface area contributed by atoms with Gasteiger partial charge in [0, 0.05) is 31.9 Å². The zero-order valence-corrected chi connectivity index (χ0v) is 12.4. The van der Waals surface area contributed by atoms with E-state index in [0.29, 0.717) is 0 Å². The molecule has 0 fully saturated rings. The molecule has 1 heterocycles. The summed E-state index contributed by atoms with van der Waals surface area (Å²) >= 11 is 0. The highest BCUT2D eigenvalue weighted by atomic mass is 16.5. The molecule has 1 aromatic carbocycles. The molecule has 5 nitrogen and oxygen atoms in total. The Morgan fingerprint density at radius 3 is 2.55 bits per heavy atom. The van der Waals surface area contributed by atoms with Crippen LogP contribution in [0.1, 0.15) is 17.4 Å². The van der Waals surface area contributed by atoms with E-state index in [1.54, 1.807) is 14.2 Å². The molecule has 1 atom stereocenters. The van der Waals surface area contributed by atoms with E-state index in [1.165, 1.54) is 0 Å². The number of nitrogens with one attached hydrogen (secondary N) is 1. The Morgan fingerprint density at radius 2 is 2.00 bits per heavy atom. The number of hydrogen-bond donors (Lipinski definition) is 1. The van der Waals surface area contributed by atoms with E-state index >= 15 is 0 Å². The van der Waals surface area contributed by atoms with Gasteiger partial charge in [0.2, 0.25) is 0 Å². The molecule has 0 spiro atoms. The van der Waals surface area contributed by atoms with E-state index in [4.69, 9.17) is 9.47 Å². The van der Waals surface area contributed by atoms with Gasteiger partial charge in [0.15, 0.2) is 11.5 Å². The predicted octanol–water partition coefficient (Wildman–Crippen LogP) is 1.94. The van der Waals surface area contributed by atoms with E-state index in [9.17, 15) is 0 Å². The maximum Gasteiger partial charge on any atom is 0.161 e. The Labute approximate surface area is 119 Å². The van der Waals surface area contributed by atoms with Crippen molar-refractivity contribution in [1.29, 1.82) is 0 Å². The fourth-order valence-corrected chi connectivity index (χ4v) is 2.23. The molecule has 0 saturated heterocycles. The number of rotatable bonds is 6. The first-order chi connectivity index (χ1) is 9.69. The second-order valence-corrected chi connectivity index (χ2v) is 4.61. The normalized spacial score (nSPS) is 12.2. The highest BCUT2D eigenvalue weighted by molar-refractivity contribution is 5.44. The first-order valence-corrected chi connectivity index (χ1v) is 6.55. The molecule has 0 aliphatic rings. The molecule has 0 bridgehead atoms. The van der Waals surface area contributed by atoms with Crippen LogP contribution in [0.25, 0.3) is 0 Å². The second kappa shape index (κ2) is 6.43. The molecule has 2 rings (SSSR count). The Balaban J connectivity index is 2.25. The lowest BCUT2D eigenvalue weighted by Crippen LogP contribution is -2.20. The molecular formula is C15H21N3O2. The molecule has 1 N–H and O–H groups in total. The lowest BCUT2D eigenvalue weighted by Gasteiger charge is -2.18. The highest BCUT2D eigenvalue weighted by Gasteiger charge is 2.15. The smallest absolute Gasteiger partial charge is 0.161 e. The number of benzene rings is 1. The third-order valence-electron chi connectivity index (χ3n) is 3.47. The zero-order valence-electron chi connectivity index (χ0n) is 12.4. The number of ether oxygens (including phenoxy) is 2. The van der Waals surface area contributed by atoms with Gasteiger partial charge in [-0.05, 0) is 24.7 Å². The van der Waals surface area contributed by atoms with Crippen LogP contribution < -0.4 is 14.8 Å². The van der Waals surface area contributed by atoms with Crippen molar-refractivity contribution in [2.24, 2.45) is 7.05 Å². The fourth-order valence-electron chi connectivity index (χ4n) is 2.23. The van der Waals surface area contributed by atoms with Crippen molar-refractivity contribution < 1.29 is 9.47 Å². The average Bonchev–Trinajstić information content (AvgIpc) is 2.89.